The summed E-state index contributed by atoms with van der Waals surface area (Å²) in [4.78, 5) is 15.4. The zero-order chi connectivity index (χ0) is 16.8. The Morgan fingerprint density at radius 1 is 1.38 bits per heavy atom. The summed E-state index contributed by atoms with van der Waals surface area (Å²) in [7, 11) is 0. The smallest absolute Gasteiger partial charge is 0.265 e. The molecular weight excluding hydrogens is 320 g/mol. The third-order valence-corrected chi connectivity index (χ3v) is 5.31. The maximum absolute atomic E-state index is 12.3. The lowest BCUT2D eigenvalue weighted by Gasteiger charge is -2.33. The molecule has 128 valence electrons. The van der Waals surface area contributed by atoms with E-state index in [1.807, 2.05) is 6.92 Å². The van der Waals surface area contributed by atoms with Crippen molar-refractivity contribution >= 4 is 17.4 Å². The Hall–Kier alpha value is -1.79. The number of hydrogen-bond acceptors (Lipinski definition) is 5. The minimum atomic E-state index is -0.0290. The van der Waals surface area contributed by atoms with Crippen molar-refractivity contribution < 1.29 is 4.79 Å². The molecule has 0 saturated carbocycles. The van der Waals surface area contributed by atoms with Gasteiger partial charge in [0.25, 0.3) is 5.91 Å². The Balaban J connectivity index is 1.44. The summed E-state index contributed by atoms with van der Waals surface area (Å²) >= 11 is 1.17. The van der Waals surface area contributed by atoms with Crippen molar-refractivity contribution in [3.05, 3.63) is 46.5 Å². The molecule has 0 unspecified atom stereocenters. The predicted molar refractivity (Wildman–Crippen MR) is 96.3 cm³/mol. The van der Waals surface area contributed by atoms with Crippen LogP contribution in [0.3, 0.4) is 0 Å². The van der Waals surface area contributed by atoms with Gasteiger partial charge in [0.1, 0.15) is 4.88 Å². The fourth-order valence-corrected chi connectivity index (χ4v) is 3.78. The average molecular weight is 344 g/mol. The van der Waals surface area contributed by atoms with E-state index in [1.165, 1.54) is 17.1 Å². The first-order valence-corrected chi connectivity index (χ1v) is 9.36. The number of aromatic nitrogens is 2. The molecule has 1 N–H and O–H groups in total. The van der Waals surface area contributed by atoms with E-state index in [4.69, 9.17) is 0 Å². The maximum Gasteiger partial charge on any atom is 0.265 e. The second-order valence-electron chi connectivity index (χ2n) is 6.39. The van der Waals surface area contributed by atoms with E-state index < -0.39 is 0 Å². The van der Waals surface area contributed by atoms with Gasteiger partial charge in [-0.3, -0.25) is 4.79 Å². The quantitative estimate of drug-likeness (QED) is 0.875. The van der Waals surface area contributed by atoms with Gasteiger partial charge in [-0.1, -0.05) is 34.8 Å². The van der Waals surface area contributed by atoms with E-state index in [1.54, 1.807) is 0 Å². The Morgan fingerprint density at radius 2 is 2.21 bits per heavy atom. The largest absolute Gasteiger partial charge is 0.347 e. The van der Waals surface area contributed by atoms with Gasteiger partial charge in [0.05, 0.1) is 5.69 Å². The van der Waals surface area contributed by atoms with Crippen LogP contribution in [0.1, 0.15) is 40.2 Å². The molecule has 0 radical (unpaired) electrons. The van der Waals surface area contributed by atoms with Crippen LogP contribution in [-0.4, -0.2) is 46.1 Å². The molecule has 0 bridgehead atoms. The van der Waals surface area contributed by atoms with Crippen molar-refractivity contribution in [1.82, 2.24) is 19.8 Å². The van der Waals surface area contributed by atoms with Gasteiger partial charge >= 0.3 is 0 Å². The second-order valence-corrected chi connectivity index (χ2v) is 7.14. The Morgan fingerprint density at radius 3 is 2.96 bits per heavy atom. The first-order valence-electron chi connectivity index (χ1n) is 8.58. The highest BCUT2D eigenvalue weighted by Crippen LogP contribution is 2.14. The molecule has 1 aliphatic heterocycles. The fourth-order valence-electron chi connectivity index (χ4n) is 3.22. The summed E-state index contributed by atoms with van der Waals surface area (Å²) in [5, 5.41) is 7.06. The van der Waals surface area contributed by atoms with Gasteiger partial charge in [0.15, 0.2) is 0 Å². The topological polar surface area (TPSA) is 58.1 Å². The van der Waals surface area contributed by atoms with Crippen molar-refractivity contribution in [2.75, 3.05) is 19.6 Å². The highest BCUT2D eigenvalue weighted by atomic mass is 32.1. The number of hydrogen-bond donors (Lipinski definition) is 1. The van der Waals surface area contributed by atoms with Crippen LogP contribution in [0.2, 0.25) is 0 Å². The molecule has 2 heterocycles. The molecule has 1 fully saturated rings. The minimum absolute atomic E-state index is 0.0290. The SMILES string of the molecule is Cc1nnsc1C(=O)N[C@H]1CCCN(CCCc2ccccc2)C1. The van der Waals surface area contributed by atoms with Crippen LogP contribution in [-0.2, 0) is 6.42 Å². The molecular formula is C18H24N4OS. The van der Waals surface area contributed by atoms with Gasteiger partial charge in [0, 0.05) is 12.6 Å². The molecule has 1 aliphatic rings. The summed E-state index contributed by atoms with van der Waals surface area (Å²) < 4.78 is 3.84. The predicted octanol–water partition coefficient (Wildman–Crippen LogP) is 2.67. The van der Waals surface area contributed by atoms with Gasteiger partial charge in [0.2, 0.25) is 0 Å². The molecule has 0 spiro atoms. The van der Waals surface area contributed by atoms with Crippen molar-refractivity contribution in [1.29, 1.82) is 0 Å². The molecule has 1 atom stereocenters. The molecule has 0 aliphatic carbocycles. The third-order valence-electron chi connectivity index (χ3n) is 4.48. The molecule has 1 amide bonds. The fraction of sp³-hybridized carbons (Fsp3) is 0.500. The lowest BCUT2D eigenvalue weighted by Crippen LogP contribution is -2.47. The Kier molecular flexibility index (Phi) is 5.93. The summed E-state index contributed by atoms with van der Waals surface area (Å²) in [5.74, 6) is -0.0290. The molecule has 6 heteroatoms. The number of carbonyl (C=O) groups is 1. The number of piperidine rings is 1. The Bertz CT molecular complexity index is 658. The number of benzene rings is 1. The zero-order valence-corrected chi connectivity index (χ0v) is 14.9. The monoisotopic (exact) mass is 344 g/mol. The van der Waals surface area contributed by atoms with Crippen molar-refractivity contribution in [3.63, 3.8) is 0 Å². The number of nitrogens with zero attached hydrogens (tertiary/aromatic N) is 3. The highest BCUT2D eigenvalue weighted by molar-refractivity contribution is 7.08. The van der Waals surface area contributed by atoms with Crippen molar-refractivity contribution in [3.8, 4) is 0 Å². The van der Waals surface area contributed by atoms with E-state index in [0.717, 1.165) is 45.3 Å². The van der Waals surface area contributed by atoms with E-state index in [2.05, 4.69) is 50.1 Å². The van der Waals surface area contributed by atoms with Crippen LogP contribution in [0, 0.1) is 6.92 Å². The zero-order valence-electron chi connectivity index (χ0n) is 14.1. The first kappa shape index (κ1) is 17.0. The van der Waals surface area contributed by atoms with E-state index in [0.29, 0.717) is 10.6 Å². The number of nitrogens with one attached hydrogen (secondary N) is 1. The molecule has 5 nitrogen and oxygen atoms in total. The third kappa shape index (κ3) is 4.61. The normalized spacial score (nSPS) is 18.5. The minimum Gasteiger partial charge on any atom is -0.347 e. The van der Waals surface area contributed by atoms with Gasteiger partial charge in [-0.25, -0.2) is 0 Å². The highest BCUT2D eigenvalue weighted by Gasteiger charge is 2.23. The van der Waals surface area contributed by atoms with Crippen LogP contribution < -0.4 is 5.32 Å². The van der Waals surface area contributed by atoms with Crippen LogP contribution in [0.15, 0.2) is 30.3 Å². The summed E-state index contributed by atoms with van der Waals surface area (Å²) in [6.45, 7) is 4.98. The molecule has 1 aromatic heterocycles. The van der Waals surface area contributed by atoms with Gasteiger partial charge in [-0.2, -0.15) is 0 Å². The van der Waals surface area contributed by atoms with Crippen molar-refractivity contribution in [2.24, 2.45) is 0 Å². The van der Waals surface area contributed by atoms with Crippen LogP contribution in [0.4, 0.5) is 0 Å². The summed E-state index contributed by atoms with van der Waals surface area (Å²) in [6.07, 6.45) is 4.45. The van der Waals surface area contributed by atoms with Gasteiger partial charge < -0.3 is 10.2 Å². The van der Waals surface area contributed by atoms with E-state index >= 15 is 0 Å². The van der Waals surface area contributed by atoms with E-state index in [9.17, 15) is 4.79 Å². The van der Waals surface area contributed by atoms with Crippen LogP contribution in [0.25, 0.3) is 0 Å². The number of amides is 1. The lowest BCUT2D eigenvalue weighted by molar-refractivity contribution is 0.0906. The summed E-state index contributed by atoms with van der Waals surface area (Å²) in [5.41, 5.74) is 2.11. The van der Waals surface area contributed by atoms with Gasteiger partial charge in [-0.05, 0) is 62.8 Å². The van der Waals surface area contributed by atoms with Crippen molar-refractivity contribution in [2.45, 2.75) is 38.6 Å². The molecule has 24 heavy (non-hydrogen) atoms. The standard InChI is InChI=1S/C18H24N4OS/c1-14-17(24-21-20-14)18(23)19-16-10-6-12-22(13-16)11-5-9-15-7-3-2-4-8-15/h2-4,7-8,16H,5-6,9-13H2,1H3,(H,19,23)/t16-/m0/s1. The van der Waals surface area contributed by atoms with E-state index in [-0.39, 0.29) is 11.9 Å². The average Bonchev–Trinajstić information content (AvgIpc) is 3.02. The molecule has 1 saturated heterocycles. The van der Waals surface area contributed by atoms with Crippen LogP contribution >= 0.6 is 11.5 Å². The molecule has 3 rings (SSSR count). The lowest BCUT2D eigenvalue weighted by atomic mass is 10.0. The number of aryl methyl sites for hydroxylation is 2. The summed E-state index contributed by atoms with van der Waals surface area (Å²) in [6, 6.07) is 10.8. The number of rotatable bonds is 6. The molecule has 1 aromatic carbocycles. The first-order chi connectivity index (χ1) is 11.7. The van der Waals surface area contributed by atoms with Crippen LogP contribution in [0.5, 0.6) is 0 Å². The number of likely N-dealkylation sites (tertiary alicyclic amines) is 1. The Labute approximate surface area is 147 Å². The maximum atomic E-state index is 12.3. The number of carbonyl (C=O) groups excluding carboxylic acids is 1. The molecule has 2 aromatic rings. The van der Waals surface area contributed by atoms with Gasteiger partial charge in [-0.15, -0.1) is 5.10 Å². The second kappa shape index (κ2) is 8.35.